The average molecular weight is 220 g/mol. The van der Waals surface area contributed by atoms with Gasteiger partial charge in [0, 0.05) is 0 Å². The van der Waals surface area contributed by atoms with E-state index in [9.17, 15) is 4.79 Å². The van der Waals surface area contributed by atoms with Crippen LogP contribution < -0.4 is 0 Å². The molecule has 0 aliphatic rings. The molecule has 0 aromatic carbocycles. The highest BCUT2D eigenvalue weighted by molar-refractivity contribution is 5.88. The van der Waals surface area contributed by atoms with Crippen LogP contribution in [0.2, 0.25) is 0 Å². The summed E-state index contributed by atoms with van der Waals surface area (Å²) in [7, 11) is 1.32. The summed E-state index contributed by atoms with van der Waals surface area (Å²) >= 11 is 0. The SMILES string of the molecule is COC(=O)c1ccnnc1.c1cnnnn1. The highest BCUT2D eigenvalue weighted by Crippen LogP contribution is 1.94. The summed E-state index contributed by atoms with van der Waals surface area (Å²) in [5, 5.41) is 20.1. The van der Waals surface area contributed by atoms with Crippen LogP contribution in [0.1, 0.15) is 10.4 Å². The fourth-order valence-electron chi connectivity index (χ4n) is 0.695. The van der Waals surface area contributed by atoms with Crippen molar-refractivity contribution in [2.45, 2.75) is 0 Å². The minimum Gasteiger partial charge on any atom is -0.465 e. The first kappa shape index (κ1) is 11.6. The van der Waals surface area contributed by atoms with Gasteiger partial charge in [-0.3, -0.25) is 0 Å². The van der Waals surface area contributed by atoms with Gasteiger partial charge in [0.1, 0.15) is 0 Å². The molecule has 0 N–H and O–H groups in total. The molecule has 16 heavy (non-hydrogen) atoms. The highest BCUT2D eigenvalue weighted by Gasteiger charge is 2.02. The number of rotatable bonds is 1. The van der Waals surface area contributed by atoms with Crippen molar-refractivity contribution < 1.29 is 9.53 Å². The molecule has 0 fully saturated rings. The topological polar surface area (TPSA) is 104 Å². The van der Waals surface area contributed by atoms with Crippen molar-refractivity contribution in [3.63, 3.8) is 0 Å². The van der Waals surface area contributed by atoms with Crippen LogP contribution in [0.4, 0.5) is 0 Å². The zero-order valence-electron chi connectivity index (χ0n) is 8.39. The molecule has 0 unspecified atom stereocenters. The Morgan fingerprint density at radius 2 is 1.75 bits per heavy atom. The molecule has 8 nitrogen and oxygen atoms in total. The third-order valence-electron chi connectivity index (χ3n) is 1.35. The average Bonchev–Trinajstić information content (AvgIpc) is 2.41. The Kier molecular flexibility index (Phi) is 4.97. The summed E-state index contributed by atoms with van der Waals surface area (Å²) in [5.74, 6) is -0.394. The molecular weight excluding hydrogens is 212 g/mol. The molecule has 0 aliphatic heterocycles. The molecule has 0 saturated carbocycles. The van der Waals surface area contributed by atoms with Crippen LogP contribution in [-0.4, -0.2) is 43.9 Å². The maximum atomic E-state index is 10.7. The summed E-state index contributed by atoms with van der Waals surface area (Å²) < 4.78 is 4.43. The summed E-state index contributed by atoms with van der Waals surface area (Å²) in [6.07, 6.45) is 5.72. The van der Waals surface area contributed by atoms with Gasteiger partial charge in [-0.1, -0.05) is 0 Å². The van der Waals surface area contributed by atoms with E-state index >= 15 is 0 Å². The molecular formula is C8H8N6O2. The van der Waals surface area contributed by atoms with Crippen molar-refractivity contribution in [2.75, 3.05) is 7.11 Å². The van der Waals surface area contributed by atoms with Gasteiger partial charge in [-0.2, -0.15) is 10.2 Å². The van der Waals surface area contributed by atoms with E-state index in [1.807, 2.05) is 0 Å². The van der Waals surface area contributed by atoms with E-state index in [1.54, 1.807) is 6.07 Å². The van der Waals surface area contributed by atoms with E-state index in [0.29, 0.717) is 5.56 Å². The summed E-state index contributed by atoms with van der Waals surface area (Å²) in [6.45, 7) is 0. The zero-order valence-corrected chi connectivity index (χ0v) is 8.39. The number of methoxy groups -OCH3 is 1. The lowest BCUT2D eigenvalue weighted by atomic mass is 10.3. The fraction of sp³-hybridized carbons (Fsp3) is 0.125. The Hall–Kier alpha value is -2.51. The van der Waals surface area contributed by atoms with Gasteiger partial charge in [0.25, 0.3) is 0 Å². The minimum absolute atomic E-state index is 0.394. The fourth-order valence-corrected chi connectivity index (χ4v) is 0.695. The van der Waals surface area contributed by atoms with E-state index in [0.717, 1.165) is 0 Å². The Morgan fingerprint density at radius 3 is 2.12 bits per heavy atom. The molecule has 0 amide bonds. The van der Waals surface area contributed by atoms with Gasteiger partial charge in [0.15, 0.2) is 0 Å². The first-order chi connectivity index (χ1) is 7.84. The third kappa shape index (κ3) is 4.13. The van der Waals surface area contributed by atoms with Crippen LogP contribution in [0.5, 0.6) is 0 Å². The van der Waals surface area contributed by atoms with Gasteiger partial charge < -0.3 is 4.74 Å². The maximum absolute atomic E-state index is 10.7. The monoisotopic (exact) mass is 220 g/mol. The number of carbonyl (C=O) groups is 1. The van der Waals surface area contributed by atoms with Gasteiger partial charge in [-0.15, -0.1) is 10.2 Å². The summed E-state index contributed by atoms with van der Waals surface area (Å²) in [6, 6.07) is 1.54. The number of esters is 1. The van der Waals surface area contributed by atoms with Crippen LogP contribution in [0.15, 0.2) is 30.9 Å². The van der Waals surface area contributed by atoms with Crippen molar-refractivity contribution in [1.29, 1.82) is 0 Å². The van der Waals surface area contributed by atoms with Crippen LogP contribution in [0.25, 0.3) is 0 Å². The molecule has 0 aliphatic carbocycles. The summed E-state index contributed by atoms with van der Waals surface area (Å²) in [5.41, 5.74) is 0.414. The summed E-state index contributed by atoms with van der Waals surface area (Å²) in [4.78, 5) is 10.7. The Morgan fingerprint density at radius 1 is 1.06 bits per heavy atom. The number of carbonyl (C=O) groups excluding carboxylic acids is 1. The molecule has 0 atom stereocenters. The number of ether oxygens (including phenoxy) is 1. The lowest BCUT2D eigenvalue weighted by Crippen LogP contribution is -2.01. The largest absolute Gasteiger partial charge is 0.465 e. The van der Waals surface area contributed by atoms with E-state index in [1.165, 1.54) is 31.9 Å². The van der Waals surface area contributed by atoms with Crippen LogP contribution in [0.3, 0.4) is 0 Å². The molecule has 2 rings (SSSR count). The van der Waals surface area contributed by atoms with Gasteiger partial charge in [0.05, 0.1) is 37.5 Å². The highest BCUT2D eigenvalue weighted by atomic mass is 16.5. The molecule has 2 aromatic rings. The van der Waals surface area contributed by atoms with E-state index in [-0.39, 0.29) is 0 Å². The standard InChI is InChI=1S/C6H6N2O2.C2H2N4/c1-10-6(9)5-2-3-7-8-4-5;1-2-4-6-5-3-1/h2-4H,1H3;1-2H. The molecule has 0 spiro atoms. The third-order valence-corrected chi connectivity index (χ3v) is 1.35. The number of hydrogen-bond acceptors (Lipinski definition) is 8. The molecule has 0 bridgehead atoms. The molecule has 0 radical (unpaired) electrons. The number of hydrogen-bond donors (Lipinski definition) is 0. The molecule has 2 aromatic heterocycles. The second-order valence-electron chi connectivity index (χ2n) is 2.33. The smallest absolute Gasteiger partial charge is 0.339 e. The van der Waals surface area contributed by atoms with Gasteiger partial charge >= 0.3 is 5.97 Å². The van der Waals surface area contributed by atoms with Crippen molar-refractivity contribution in [3.05, 3.63) is 36.4 Å². The lowest BCUT2D eigenvalue weighted by molar-refractivity contribution is 0.0600. The van der Waals surface area contributed by atoms with Crippen LogP contribution in [0, 0.1) is 0 Å². The Labute approximate surface area is 90.7 Å². The number of nitrogens with zero attached hydrogens (tertiary/aromatic N) is 6. The normalized spacial score (nSPS) is 8.56. The second kappa shape index (κ2) is 6.87. The van der Waals surface area contributed by atoms with Crippen LogP contribution in [-0.2, 0) is 4.74 Å². The number of aromatic nitrogens is 6. The van der Waals surface area contributed by atoms with Crippen molar-refractivity contribution in [2.24, 2.45) is 0 Å². The second-order valence-corrected chi connectivity index (χ2v) is 2.33. The van der Waals surface area contributed by atoms with Crippen molar-refractivity contribution in [3.8, 4) is 0 Å². The van der Waals surface area contributed by atoms with Crippen LogP contribution >= 0.6 is 0 Å². The lowest BCUT2D eigenvalue weighted by Gasteiger charge is -1.94. The molecule has 0 saturated heterocycles. The van der Waals surface area contributed by atoms with Gasteiger partial charge in [-0.05, 0) is 16.5 Å². The van der Waals surface area contributed by atoms with Gasteiger partial charge in [0.2, 0.25) is 0 Å². The maximum Gasteiger partial charge on any atom is 0.339 e. The van der Waals surface area contributed by atoms with Crippen molar-refractivity contribution in [1.82, 2.24) is 30.8 Å². The molecule has 82 valence electrons. The Bertz CT molecular complexity index is 383. The first-order valence-corrected chi connectivity index (χ1v) is 4.14. The zero-order chi connectivity index (χ0) is 11.6. The quantitative estimate of drug-likeness (QED) is 0.594. The Balaban J connectivity index is 0.000000181. The molecule has 2 heterocycles. The first-order valence-electron chi connectivity index (χ1n) is 4.14. The minimum atomic E-state index is -0.394. The predicted molar refractivity (Wildman–Crippen MR) is 51.0 cm³/mol. The predicted octanol–water partition coefficient (Wildman–Crippen LogP) is -0.470. The van der Waals surface area contributed by atoms with E-state index in [4.69, 9.17) is 0 Å². The van der Waals surface area contributed by atoms with Crippen molar-refractivity contribution >= 4 is 5.97 Å². The van der Waals surface area contributed by atoms with E-state index < -0.39 is 5.97 Å². The van der Waals surface area contributed by atoms with Gasteiger partial charge in [-0.25, -0.2) is 4.79 Å². The van der Waals surface area contributed by atoms with E-state index in [2.05, 4.69) is 35.6 Å². The molecule has 8 heteroatoms.